The largest absolute Gasteiger partial charge is 0.493 e. The van der Waals surface area contributed by atoms with Gasteiger partial charge in [-0.05, 0) is 51.8 Å². The molecule has 0 aliphatic carbocycles. The molecule has 1 amide bonds. The van der Waals surface area contributed by atoms with Crippen LogP contribution in [0.4, 0.5) is 4.39 Å². The van der Waals surface area contributed by atoms with Crippen LogP contribution >= 0.6 is 15.9 Å². The van der Waals surface area contributed by atoms with E-state index in [-0.39, 0.29) is 5.82 Å². The van der Waals surface area contributed by atoms with E-state index in [2.05, 4.69) is 26.5 Å². The van der Waals surface area contributed by atoms with Crippen LogP contribution < -0.4 is 14.9 Å². The van der Waals surface area contributed by atoms with Crippen molar-refractivity contribution in [2.45, 2.75) is 0 Å². The molecule has 0 aromatic heterocycles. The third-order valence-electron chi connectivity index (χ3n) is 2.97. The van der Waals surface area contributed by atoms with Crippen molar-refractivity contribution in [3.63, 3.8) is 0 Å². The van der Waals surface area contributed by atoms with Gasteiger partial charge in [0.05, 0.1) is 24.9 Å². The number of carbonyl (C=O) groups is 1. The number of halogens is 2. The highest BCUT2D eigenvalue weighted by molar-refractivity contribution is 9.10. The second-order valence-corrected chi connectivity index (χ2v) is 5.30. The van der Waals surface area contributed by atoms with Crippen molar-refractivity contribution < 1.29 is 18.7 Å². The van der Waals surface area contributed by atoms with Crippen LogP contribution in [0.5, 0.6) is 11.5 Å². The maximum absolute atomic E-state index is 13.1. The van der Waals surface area contributed by atoms with E-state index in [4.69, 9.17) is 9.47 Å². The lowest BCUT2D eigenvalue weighted by molar-refractivity contribution is 0.0954. The summed E-state index contributed by atoms with van der Waals surface area (Å²) >= 11 is 3.08. The molecule has 0 atom stereocenters. The number of methoxy groups -OCH3 is 2. The van der Waals surface area contributed by atoms with Crippen LogP contribution in [0.15, 0.2) is 46.0 Å². The zero-order chi connectivity index (χ0) is 16.8. The normalized spacial score (nSPS) is 10.6. The van der Waals surface area contributed by atoms with Crippen LogP contribution in [-0.4, -0.2) is 26.3 Å². The Labute approximate surface area is 141 Å². The topological polar surface area (TPSA) is 59.9 Å². The second kappa shape index (κ2) is 7.73. The quantitative estimate of drug-likeness (QED) is 0.638. The van der Waals surface area contributed by atoms with Gasteiger partial charge in [-0.15, -0.1) is 0 Å². The lowest BCUT2D eigenvalue weighted by atomic mass is 10.2. The number of carbonyl (C=O) groups excluding carboxylic acids is 1. The van der Waals surface area contributed by atoms with Crippen LogP contribution in [-0.2, 0) is 0 Å². The second-order valence-electron chi connectivity index (χ2n) is 4.44. The average Bonchev–Trinajstić information content (AvgIpc) is 2.57. The van der Waals surface area contributed by atoms with E-state index < -0.39 is 5.91 Å². The van der Waals surface area contributed by atoms with Gasteiger partial charge in [0, 0.05) is 5.56 Å². The first-order valence-corrected chi connectivity index (χ1v) is 7.35. The summed E-state index contributed by atoms with van der Waals surface area (Å²) in [6.45, 7) is 0. The number of hydrazone groups is 1. The molecule has 0 radical (unpaired) electrons. The molecule has 0 saturated carbocycles. The monoisotopic (exact) mass is 380 g/mol. The van der Waals surface area contributed by atoms with Gasteiger partial charge in [-0.3, -0.25) is 4.79 Å². The number of ether oxygens (including phenoxy) is 2. The summed E-state index contributed by atoms with van der Waals surface area (Å²) in [5.74, 6) is 0.218. The summed E-state index contributed by atoms with van der Waals surface area (Å²) in [6, 6.07) is 9.20. The minimum atomic E-state index is -0.400. The molecule has 2 aromatic carbocycles. The maximum Gasteiger partial charge on any atom is 0.271 e. The minimum absolute atomic E-state index is 0.327. The first kappa shape index (κ1) is 17.0. The van der Waals surface area contributed by atoms with Crippen LogP contribution in [0, 0.1) is 5.82 Å². The molecule has 0 bridgehead atoms. The summed E-state index contributed by atoms with van der Waals surface area (Å²) in [6.07, 6.45) is 1.42. The molecule has 120 valence electrons. The number of amides is 1. The Kier molecular flexibility index (Phi) is 5.70. The van der Waals surface area contributed by atoms with Gasteiger partial charge in [0.15, 0.2) is 11.5 Å². The Morgan fingerprint density at radius 1 is 1.17 bits per heavy atom. The summed E-state index contributed by atoms with van der Waals surface area (Å²) in [4.78, 5) is 12.0. The zero-order valence-electron chi connectivity index (χ0n) is 12.5. The lowest BCUT2D eigenvalue weighted by Crippen LogP contribution is -2.17. The first-order chi connectivity index (χ1) is 11.0. The van der Waals surface area contributed by atoms with Crippen LogP contribution in [0.25, 0.3) is 0 Å². The number of hydrogen-bond donors (Lipinski definition) is 1. The predicted molar refractivity (Wildman–Crippen MR) is 88.7 cm³/mol. The maximum atomic E-state index is 13.1. The molecule has 5 nitrogen and oxygen atoms in total. The Bertz CT molecular complexity index is 750. The molecule has 0 unspecified atom stereocenters. The van der Waals surface area contributed by atoms with Gasteiger partial charge in [0.2, 0.25) is 0 Å². The van der Waals surface area contributed by atoms with E-state index >= 15 is 0 Å². The lowest BCUT2D eigenvalue weighted by Gasteiger charge is -2.08. The van der Waals surface area contributed by atoms with E-state index in [1.807, 2.05) is 0 Å². The molecule has 0 fully saturated rings. The van der Waals surface area contributed by atoms with E-state index in [0.29, 0.717) is 27.1 Å². The molecule has 2 rings (SSSR count). The number of rotatable bonds is 5. The molecule has 7 heteroatoms. The standard InChI is InChI=1S/C16H14BrFN2O3/c1-22-14-6-4-11(8-15(14)23-2)16(21)20-19-9-10-3-5-13(18)12(17)7-10/h3-9H,1-2H3,(H,20,21)/b19-9-. The van der Waals surface area contributed by atoms with E-state index in [0.717, 1.165) is 0 Å². The van der Waals surface area contributed by atoms with Gasteiger partial charge >= 0.3 is 0 Å². The molecular weight excluding hydrogens is 367 g/mol. The summed E-state index contributed by atoms with van der Waals surface area (Å²) in [7, 11) is 3.01. The molecule has 0 heterocycles. The smallest absolute Gasteiger partial charge is 0.271 e. The van der Waals surface area contributed by atoms with Gasteiger partial charge < -0.3 is 9.47 Å². The Balaban J connectivity index is 2.07. The van der Waals surface area contributed by atoms with Crippen LogP contribution in [0.1, 0.15) is 15.9 Å². The van der Waals surface area contributed by atoms with Crippen molar-refractivity contribution in [3.8, 4) is 11.5 Å². The molecule has 0 aliphatic rings. The van der Waals surface area contributed by atoms with Crippen LogP contribution in [0.2, 0.25) is 0 Å². The number of hydrogen-bond acceptors (Lipinski definition) is 4. The van der Waals surface area contributed by atoms with E-state index in [1.54, 1.807) is 30.3 Å². The molecule has 0 saturated heterocycles. The van der Waals surface area contributed by atoms with Gasteiger partial charge in [-0.2, -0.15) is 5.10 Å². The van der Waals surface area contributed by atoms with Crippen molar-refractivity contribution in [2.75, 3.05) is 14.2 Å². The molecule has 0 aliphatic heterocycles. The van der Waals surface area contributed by atoms with Crippen molar-refractivity contribution in [1.29, 1.82) is 0 Å². The predicted octanol–water partition coefficient (Wildman–Crippen LogP) is 3.37. The van der Waals surface area contributed by atoms with Gasteiger partial charge in [-0.1, -0.05) is 6.07 Å². The van der Waals surface area contributed by atoms with Crippen molar-refractivity contribution in [1.82, 2.24) is 5.43 Å². The SMILES string of the molecule is COc1ccc(C(=O)N/N=C\c2ccc(F)c(Br)c2)cc1OC. The van der Waals surface area contributed by atoms with Gasteiger partial charge in [0.25, 0.3) is 5.91 Å². The minimum Gasteiger partial charge on any atom is -0.493 e. The van der Waals surface area contributed by atoms with E-state index in [9.17, 15) is 9.18 Å². The molecule has 1 N–H and O–H groups in total. The highest BCUT2D eigenvalue weighted by Crippen LogP contribution is 2.27. The van der Waals surface area contributed by atoms with Gasteiger partial charge in [-0.25, -0.2) is 9.82 Å². The van der Waals surface area contributed by atoms with Gasteiger partial charge in [0.1, 0.15) is 5.82 Å². The first-order valence-electron chi connectivity index (χ1n) is 6.55. The Hall–Kier alpha value is -2.41. The number of nitrogens with zero attached hydrogens (tertiary/aromatic N) is 1. The molecule has 0 spiro atoms. The van der Waals surface area contributed by atoms with Crippen molar-refractivity contribution >= 4 is 28.1 Å². The highest BCUT2D eigenvalue weighted by atomic mass is 79.9. The fraction of sp³-hybridized carbons (Fsp3) is 0.125. The zero-order valence-corrected chi connectivity index (χ0v) is 14.1. The van der Waals surface area contributed by atoms with E-state index in [1.165, 1.54) is 26.5 Å². The third-order valence-corrected chi connectivity index (χ3v) is 3.58. The fourth-order valence-corrected chi connectivity index (χ4v) is 2.20. The fourth-order valence-electron chi connectivity index (χ4n) is 1.80. The summed E-state index contributed by atoms with van der Waals surface area (Å²) in [5.41, 5.74) is 3.41. The highest BCUT2D eigenvalue weighted by Gasteiger charge is 2.10. The molecular formula is C16H14BrFN2O3. The molecule has 23 heavy (non-hydrogen) atoms. The summed E-state index contributed by atoms with van der Waals surface area (Å²) < 4.78 is 23.7. The summed E-state index contributed by atoms with van der Waals surface area (Å²) in [5, 5.41) is 3.85. The number of benzene rings is 2. The van der Waals surface area contributed by atoms with Crippen LogP contribution in [0.3, 0.4) is 0 Å². The van der Waals surface area contributed by atoms with Crippen molar-refractivity contribution in [3.05, 3.63) is 57.8 Å². The molecule has 2 aromatic rings. The number of nitrogens with one attached hydrogen (secondary N) is 1. The Morgan fingerprint density at radius 3 is 2.57 bits per heavy atom. The Morgan fingerprint density at radius 2 is 1.91 bits per heavy atom. The van der Waals surface area contributed by atoms with Crippen molar-refractivity contribution in [2.24, 2.45) is 5.10 Å². The average molecular weight is 381 g/mol. The third kappa shape index (κ3) is 4.29.